The zero-order valence-corrected chi connectivity index (χ0v) is 21.8. The van der Waals surface area contributed by atoms with Crippen LogP contribution in [0.5, 0.6) is 0 Å². The van der Waals surface area contributed by atoms with Crippen molar-refractivity contribution < 1.29 is 0 Å². The average molecular weight is 548 g/mol. The Labute approximate surface area is 185 Å². The first-order valence-corrected chi connectivity index (χ1v) is 23.5. The van der Waals surface area contributed by atoms with Crippen molar-refractivity contribution in [2.45, 2.75) is 4.23 Å². The first-order valence-electron chi connectivity index (χ1n) is 8.28. The number of halogens is 3. The van der Waals surface area contributed by atoms with E-state index in [-0.39, 0.29) is 4.23 Å². The Morgan fingerprint density at radius 2 is 0.926 bits per heavy atom. The molecule has 0 aromatic heterocycles. The predicted octanol–water partition coefficient (Wildman–Crippen LogP) is 5.08. The van der Waals surface area contributed by atoms with E-state index in [1.807, 2.05) is 48.5 Å². The Kier molecular flexibility index (Phi) is 5.78. The van der Waals surface area contributed by atoms with Gasteiger partial charge >= 0.3 is 187 Å². The molecule has 0 N–H and O–H groups in total. The molecule has 138 valence electrons. The number of fused-ring (bicyclic) bond motifs is 1. The van der Waals surface area contributed by atoms with Crippen molar-refractivity contribution in [3.63, 3.8) is 0 Å². The van der Waals surface area contributed by atoms with Crippen molar-refractivity contribution in [3.8, 4) is 0 Å². The van der Waals surface area contributed by atoms with Gasteiger partial charge in [-0.25, -0.2) is 0 Å². The predicted molar refractivity (Wildman–Crippen MR) is 134 cm³/mol. The molecule has 1 aliphatic heterocycles. The quantitative estimate of drug-likeness (QED) is 0.331. The Morgan fingerprint density at radius 1 is 0.593 bits per heavy atom. The van der Waals surface area contributed by atoms with Gasteiger partial charge in [-0.1, -0.05) is 0 Å². The van der Waals surface area contributed by atoms with Gasteiger partial charge in [0.2, 0.25) is 0 Å². The summed E-state index contributed by atoms with van der Waals surface area (Å²) >= 11 is 12.9. The van der Waals surface area contributed by atoms with Crippen LogP contribution in [0.25, 0.3) is 0 Å². The summed E-state index contributed by atoms with van der Waals surface area (Å²) in [6.45, 7) is 0. The fourth-order valence-corrected chi connectivity index (χ4v) is 51.3. The zero-order valence-electron chi connectivity index (χ0n) is 14.0. The van der Waals surface area contributed by atoms with Crippen LogP contribution >= 0.6 is 42.1 Å². The van der Waals surface area contributed by atoms with Crippen LogP contribution in [-0.4, -0.2) is 14.7 Å². The summed E-state index contributed by atoms with van der Waals surface area (Å²) in [6.07, 6.45) is 0. The normalized spacial score (nSPS) is 27.3. The van der Waals surface area contributed by atoms with Gasteiger partial charge in [0.25, 0.3) is 0 Å². The van der Waals surface area contributed by atoms with Gasteiger partial charge in [0, 0.05) is 0 Å². The standard InChI is InChI=1S/C19H15Cl3GeP2S2/c20-23(21,22)19-24(26,15-9-3-1-4-10-15)17-13-7-8-14-18(17)25(19,27)16-11-5-2-6-12-16/h1-14,19H. The average Bonchev–Trinajstić information content (AvgIpc) is 2.90. The second kappa shape index (κ2) is 7.57. The molecule has 4 rings (SSSR count). The molecule has 0 saturated carbocycles. The summed E-state index contributed by atoms with van der Waals surface area (Å²) in [5, 5.41) is 4.47. The third-order valence-electron chi connectivity index (χ3n) is 4.86. The van der Waals surface area contributed by atoms with Crippen LogP contribution in [0, 0.1) is 0 Å². The Bertz CT molecular complexity index is 1000. The minimum absolute atomic E-state index is 0.234. The van der Waals surface area contributed by atoms with Crippen molar-refractivity contribution >= 4 is 97.4 Å². The molecule has 8 heteroatoms. The van der Waals surface area contributed by atoms with E-state index in [4.69, 9.17) is 53.6 Å². The molecule has 2 atom stereocenters. The van der Waals surface area contributed by atoms with Gasteiger partial charge in [0.1, 0.15) is 0 Å². The maximum atomic E-state index is 6.84. The van der Waals surface area contributed by atoms with E-state index in [1.165, 1.54) is 0 Å². The molecule has 0 amide bonds. The molecule has 3 aromatic rings. The molecule has 1 aliphatic rings. The molecule has 0 fully saturated rings. The topological polar surface area (TPSA) is 0 Å². The number of hydrogen-bond donors (Lipinski definition) is 0. The molecule has 0 bridgehead atoms. The van der Waals surface area contributed by atoms with Crippen molar-refractivity contribution in [3.05, 3.63) is 84.9 Å². The minimum atomic E-state index is -3.84. The summed E-state index contributed by atoms with van der Waals surface area (Å²) < 4.78 is -0.234. The van der Waals surface area contributed by atoms with Gasteiger partial charge in [-0.2, -0.15) is 0 Å². The van der Waals surface area contributed by atoms with Crippen LogP contribution in [0.4, 0.5) is 0 Å². The molecule has 0 radical (unpaired) electrons. The first-order chi connectivity index (χ1) is 12.8. The van der Waals surface area contributed by atoms with Gasteiger partial charge in [-0.15, -0.1) is 0 Å². The van der Waals surface area contributed by atoms with Crippen molar-refractivity contribution in [1.82, 2.24) is 0 Å². The molecular formula is C19H15Cl3GeP2S2. The number of benzene rings is 3. The third kappa shape index (κ3) is 3.26. The first kappa shape index (κ1) is 20.6. The van der Waals surface area contributed by atoms with Crippen molar-refractivity contribution in [2.75, 3.05) is 0 Å². The van der Waals surface area contributed by atoms with Gasteiger partial charge in [-0.05, 0) is 0 Å². The number of rotatable bonds is 3. The third-order valence-corrected chi connectivity index (χ3v) is 38.1. The Hall–Kier alpha value is 0.373. The summed E-state index contributed by atoms with van der Waals surface area (Å²) in [7, 11) is 16.7. The van der Waals surface area contributed by atoms with E-state index in [1.54, 1.807) is 0 Å². The van der Waals surface area contributed by atoms with Crippen molar-refractivity contribution in [2.24, 2.45) is 0 Å². The molecule has 1 heterocycles. The fraction of sp³-hybridized carbons (Fsp3) is 0.0526. The Balaban J connectivity index is 2.14. The summed E-state index contributed by atoms with van der Waals surface area (Å²) in [5.74, 6) is 0. The van der Waals surface area contributed by atoms with Gasteiger partial charge in [-0.3, -0.25) is 0 Å². The van der Waals surface area contributed by atoms with Crippen LogP contribution in [-0.2, 0) is 23.6 Å². The van der Waals surface area contributed by atoms with E-state index in [0.717, 1.165) is 21.2 Å². The van der Waals surface area contributed by atoms with E-state index in [9.17, 15) is 0 Å². The summed E-state index contributed by atoms with van der Waals surface area (Å²) in [4.78, 5) is 0. The van der Waals surface area contributed by atoms with Crippen LogP contribution in [0.1, 0.15) is 0 Å². The molecule has 3 aromatic carbocycles. The van der Waals surface area contributed by atoms with Crippen LogP contribution in [0.3, 0.4) is 0 Å². The molecule has 27 heavy (non-hydrogen) atoms. The molecule has 2 unspecified atom stereocenters. The zero-order chi connectivity index (χ0) is 19.3. The molecular weight excluding hydrogens is 533 g/mol. The second-order valence-corrected chi connectivity index (χ2v) is 33.7. The Morgan fingerprint density at radius 3 is 1.26 bits per heavy atom. The van der Waals surface area contributed by atoms with Crippen LogP contribution in [0.2, 0.25) is 0 Å². The van der Waals surface area contributed by atoms with E-state index >= 15 is 0 Å². The van der Waals surface area contributed by atoms with Crippen LogP contribution in [0.15, 0.2) is 84.9 Å². The van der Waals surface area contributed by atoms with Gasteiger partial charge in [0.05, 0.1) is 0 Å². The SMILES string of the molecule is S=P1(c2ccccc2)c2ccccc2P(=S)(c2ccccc2)[CH]1[Ge]([Cl])([Cl])[Cl]. The summed E-state index contributed by atoms with van der Waals surface area (Å²) in [5.41, 5.74) is 0. The maximum absolute atomic E-state index is 6.84. The monoisotopic (exact) mass is 548 g/mol. The molecule has 0 nitrogen and oxygen atoms in total. The van der Waals surface area contributed by atoms with E-state index in [2.05, 4.69) is 36.4 Å². The van der Waals surface area contributed by atoms with Gasteiger partial charge in [0.15, 0.2) is 0 Å². The fourth-order valence-electron chi connectivity index (χ4n) is 3.79. The molecule has 0 spiro atoms. The molecule has 0 saturated heterocycles. The van der Waals surface area contributed by atoms with Crippen LogP contribution < -0.4 is 21.2 Å². The number of hydrogen-bond acceptors (Lipinski definition) is 2. The molecule has 0 aliphatic carbocycles. The summed E-state index contributed by atoms with van der Waals surface area (Å²) in [6, 6.07) is 23.9. The van der Waals surface area contributed by atoms with Gasteiger partial charge < -0.3 is 0 Å². The van der Waals surface area contributed by atoms with E-state index < -0.39 is 22.6 Å². The van der Waals surface area contributed by atoms with Crippen molar-refractivity contribution in [1.29, 1.82) is 0 Å². The van der Waals surface area contributed by atoms with E-state index in [0.29, 0.717) is 0 Å². The second-order valence-electron chi connectivity index (χ2n) is 6.39.